The van der Waals surface area contributed by atoms with E-state index in [1.807, 2.05) is 13.0 Å². The fourth-order valence-corrected chi connectivity index (χ4v) is 2.25. The maximum absolute atomic E-state index is 12.3. The summed E-state index contributed by atoms with van der Waals surface area (Å²) in [6, 6.07) is 13.3. The van der Waals surface area contributed by atoms with Gasteiger partial charge in [0.05, 0.1) is 12.5 Å². The maximum atomic E-state index is 12.3. The van der Waals surface area contributed by atoms with Crippen LogP contribution in [0.25, 0.3) is 11.0 Å². The summed E-state index contributed by atoms with van der Waals surface area (Å²) in [6.45, 7) is 1.89. The number of fused-ring (bicyclic) bond motifs is 1. The number of nitrogens with one attached hydrogen (secondary N) is 1. The lowest BCUT2D eigenvalue weighted by Gasteiger charge is -2.06. The third-order valence-corrected chi connectivity index (χ3v) is 3.45. The standard InChI is InChI=1S/C18H15NO4/c1-11-3-8-16-14(9-11)15(20)10-17(23-16)18(21)19-12-4-6-13(22-2)7-5-12/h3-10H,1-2H3,(H,19,21). The predicted molar refractivity (Wildman–Crippen MR) is 88.2 cm³/mol. The van der Waals surface area contributed by atoms with E-state index in [1.54, 1.807) is 43.5 Å². The zero-order valence-electron chi connectivity index (χ0n) is 12.8. The van der Waals surface area contributed by atoms with Crippen LogP contribution in [0.5, 0.6) is 5.75 Å². The van der Waals surface area contributed by atoms with Crippen LogP contribution in [-0.4, -0.2) is 13.0 Å². The molecule has 0 aliphatic carbocycles. The minimum atomic E-state index is -0.477. The first-order chi connectivity index (χ1) is 11.1. The molecule has 0 fully saturated rings. The highest BCUT2D eigenvalue weighted by molar-refractivity contribution is 6.03. The van der Waals surface area contributed by atoms with Crippen molar-refractivity contribution in [2.24, 2.45) is 0 Å². The molecule has 0 aliphatic heterocycles. The van der Waals surface area contributed by atoms with E-state index in [1.165, 1.54) is 6.07 Å². The first-order valence-electron chi connectivity index (χ1n) is 7.07. The molecule has 1 heterocycles. The second-order valence-electron chi connectivity index (χ2n) is 5.16. The van der Waals surface area contributed by atoms with Crippen molar-refractivity contribution in [2.75, 3.05) is 12.4 Å². The van der Waals surface area contributed by atoms with Crippen LogP contribution >= 0.6 is 0 Å². The van der Waals surface area contributed by atoms with E-state index in [2.05, 4.69) is 5.32 Å². The first-order valence-corrected chi connectivity index (χ1v) is 7.07. The summed E-state index contributed by atoms with van der Waals surface area (Å²) < 4.78 is 10.6. The van der Waals surface area contributed by atoms with Gasteiger partial charge in [-0.15, -0.1) is 0 Å². The number of rotatable bonds is 3. The molecule has 1 amide bonds. The Kier molecular flexibility index (Phi) is 3.85. The maximum Gasteiger partial charge on any atom is 0.291 e. The zero-order valence-corrected chi connectivity index (χ0v) is 12.8. The Morgan fingerprint density at radius 1 is 1.09 bits per heavy atom. The largest absolute Gasteiger partial charge is 0.497 e. The highest BCUT2D eigenvalue weighted by atomic mass is 16.5. The molecule has 0 radical (unpaired) electrons. The van der Waals surface area contributed by atoms with Crippen molar-refractivity contribution in [3.8, 4) is 5.75 Å². The molecule has 23 heavy (non-hydrogen) atoms. The number of hydrogen-bond donors (Lipinski definition) is 1. The van der Waals surface area contributed by atoms with Gasteiger partial charge in [-0.3, -0.25) is 9.59 Å². The van der Waals surface area contributed by atoms with Crippen molar-refractivity contribution in [1.82, 2.24) is 0 Å². The molecule has 0 atom stereocenters. The first kappa shape index (κ1) is 14.8. The quantitative estimate of drug-likeness (QED) is 0.805. The van der Waals surface area contributed by atoms with Gasteiger partial charge >= 0.3 is 0 Å². The lowest BCUT2D eigenvalue weighted by molar-refractivity contribution is 0.0997. The van der Waals surface area contributed by atoms with Gasteiger partial charge in [-0.2, -0.15) is 0 Å². The predicted octanol–water partition coefficient (Wildman–Crippen LogP) is 3.36. The van der Waals surface area contributed by atoms with Gasteiger partial charge in [0, 0.05) is 11.8 Å². The Morgan fingerprint density at radius 2 is 1.83 bits per heavy atom. The number of benzene rings is 2. The van der Waals surface area contributed by atoms with Crippen LogP contribution in [-0.2, 0) is 0 Å². The van der Waals surface area contributed by atoms with E-state index in [9.17, 15) is 9.59 Å². The molecular formula is C18H15NO4. The number of anilines is 1. The topological polar surface area (TPSA) is 68.5 Å². The molecule has 0 aliphatic rings. The molecule has 1 N–H and O–H groups in total. The van der Waals surface area contributed by atoms with Crippen LogP contribution in [0.4, 0.5) is 5.69 Å². The Labute approximate surface area is 132 Å². The number of aryl methyl sites for hydroxylation is 1. The lowest BCUT2D eigenvalue weighted by Crippen LogP contribution is -2.15. The Hall–Kier alpha value is -3.08. The normalized spacial score (nSPS) is 10.5. The molecule has 2 aromatic carbocycles. The van der Waals surface area contributed by atoms with E-state index in [0.717, 1.165) is 5.56 Å². The van der Waals surface area contributed by atoms with E-state index >= 15 is 0 Å². The summed E-state index contributed by atoms with van der Waals surface area (Å²) in [5.41, 5.74) is 1.69. The molecule has 0 bridgehead atoms. The van der Waals surface area contributed by atoms with E-state index in [4.69, 9.17) is 9.15 Å². The van der Waals surface area contributed by atoms with Gasteiger partial charge in [-0.05, 0) is 43.3 Å². The third kappa shape index (κ3) is 3.08. The molecule has 0 unspecified atom stereocenters. The van der Waals surface area contributed by atoms with Crippen molar-refractivity contribution >= 4 is 22.6 Å². The molecule has 116 valence electrons. The van der Waals surface area contributed by atoms with Gasteiger partial charge < -0.3 is 14.5 Å². The van der Waals surface area contributed by atoms with Crippen LogP contribution in [0.15, 0.2) is 57.7 Å². The molecule has 5 heteroatoms. The van der Waals surface area contributed by atoms with Gasteiger partial charge in [0.2, 0.25) is 0 Å². The van der Waals surface area contributed by atoms with Gasteiger partial charge in [0.1, 0.15) is 11.3 Å². The highest BCUT2D eigenvalue weighted by Gasteiger charge is 2.12. The summed E-state index contributed by atoms with van der Waals surface area (Å²) in [5.74, 6) is 0.188. The van der Waals surface area contributed by atoms with Gasteiger partial charge in [-0.25, -0.2) is 0 Å². The Bertz CT molecular complexity index is 926. The van der Waals surface area contributed by atoms with Gasteiger partial charge in [0.25, 0.3) is 5.91 Å². The minimum Gasteiger partial charge on any atom is -0.497 e. The smallest absolute Gasteiger partial charge is 0.291 e. The average molecular weight is 309 g/mol. The number of ether oxygens (including phenoxy) is 1. The van der Waals surface area contributed by atoms with Crippen molar-refractivity contribution < 1.29 is 13.9 Å². The Balaban J connectivity index is 1.91. The second-order valence-corrected chi connectivity index (χ2v) is 5.16. The monoisotopic (exact) mass is 309 g/mol. The van der Waals surface area contributed by atoms with E-state index in [0.29, 0.717) is 22.4 Å². The van der Waals surface area contributed by atoms with Crippen LogP contribution < -0.4 is 15.5 Å². The summed E-state index contributed by atoms with van der Waals surface area (Å²) in [6.07, 6.45) is 0. The van der Waals surface area contributed by atoms with Crippen LogP contribution in [0.2, 0.25) is 0 Å². The third-order valence-electron chi connectivity index (χ3n) is 3.45. The molecule has 0 saturated heterocycles. The van der Waals surface area contributed by atoms with E-state index < -0.39 is 5.91 Å². The fourth-order valence-electron chi connectivity index (χ4n) is 2.25. The number of hydrogen-bond acceptors (Lipinski definition) is 4. The number of carbonyl (C=O) groups is 1. The summed E-state index contributed by atoms with van der Waals surface area (Å²) >= 11 is 0. The molecule has 0 saturated carbocycles. The summed E-state index contributed by atoms with van der Waals surface area (Å²) in [5, 5.41) is 3.15. The highest BCUT2D eigenvalue weighted by Crippen LogP contribution is 2.17. The van der Waals surface area contributed by atoms with Crippen LogP contribution in [0.3, 0.4) is 0 Å². The second kappa shape index (κ2) is 5.96. The molecule has 3 aromatic rings. The molecule has 3 rings (SSSR count). The SMILES string of the molecule is COc1ccc(NC(=O)c2cc(=O)c3cc(C)ccc3o2)cc1. The summed E-state index contributed by atoms with van der Waals surface area (Å²) in [4.78, 5) is 24.4. The molecule has 0 spiro atoms. The van der Waals surface area contributed by atoms with Crippen molar-refractivity contribution in [1.29, 1.82) is 0 Å². The molecular weight excluding hydrogens is 294 g/mol. The van der Waals surface area contributed by atoms with Crippen molar-refractivity contribution in [2.45, 2.75) is 6.92 Å². The molecule has 1 aromatic heterocycles. The van der Waals surface area contributed by atoms with Gasteiger partial charge in [0.15, 0.2) is 11.2 Å². The van der Waals surface area contributed by atoms with Crippen molar-refractivity contribution in [3.63, 3.8) is 0 Å². The molecule has 5 nitrogen and oxygen atoms in total. The van der Waals surface area contributed by atoms with E-state index in [-0.39, 0.29) is 11.2 Å². The van der Waals surface area contributed by atoms with Crippen molar-refractivity contribution in [3.05, 3.63) is 70.1 Å². The van der Waals surface area contributed by atoms with Crippen LogP contribution in [0, 0.1) is 6.92 Å². The fraction of sp³-hybridized carbons (Fsp3) is 0.111. The average Bonchev–Trinajstić information content (AvgIpc) is 2.56. The minimum absolute atomic E-state index is 0.0258. The van der Waals surface area contributed by atoms with Gasteiger partial charge in [-0.1, -0.05) is 11.6 Å². The summed E-state index contributed by atoms with van der Waals surface area (Å²) in [7, 11) is 1.57. The zero-order chi connectivity index (χ0) is 16.4. The number of amides is 1. The Morgan fingerprint density at radius 3 is 2.52 bits per heavy atom. The number of methoxy groups -OCH3 is 1. The lowest BCUT2D eigenvalue weighted by atomic mass is 10.1. The number of carbonyl (C=O) groups excluding carboxylic acids is 1. The van der Waals surface area contributed by atoms with Crippen LogP contribution in [0.1, 0.15) is 16.1 Å².